The van der Waals surface area contributed by atoms with E-state index in [1.165, 1.54) is 0 Å². The van der Waals surface area contributed by atoms with Crippen molar-refractivity contribution in [3.05, 3.63) is 0 Å². The maximum atomic E-state index is 5.28. The Balaban J connectivity index is 4.09. The summed E-state index contributed by atoms with van der Waals surface area (Å²) in [5.74, 6) is 1.91. The van der Waals surface area contributed by atoms with Gasteiger partial charge in [0.25, 0.3) is 0 Å². The Morgan fingerprint density at radius 1 is 1.27 bits per heavy atom. The molecule has 0 radical (unpaired) electrons. The molecule has 4 heteroatoms. The van der Waals surface area contributed by atoms with E-state index >= 15 is 0 Å². The number of nitrogens with zero attached hydrogens (tertiary/aromatic N) is 1. The zero-order valence-electron chi connectivity index (χ0n) is 10.7. The third-order valence-corrected chi connectivity index (χ3v) is 3.34. The van der Waals surface area contributed by atoms with Crippen LogP contribution in [0, 0.1) is 0 Å². The molecular weight excluding hydrogens is 226 g/mol. The molecule has 0 aliphatic rings. The van der Waals surface area contributed by atoms with E-state index in [4.69, 9.17) is 4.84 Å². The van der Waals surface area contributed by atoms with Gasteiger partial charge in [0, 0.05) is 16.3 Å². The number of oxime groups is 1. The zero-order chi connectivity index (χ0) is 11.9. The molecule has 0 aromatic rings. The van der Waals surface area contributed by atoms with Crippen LogP contribution in [-0.2, 0) is 4.84 Å². The molecular formula is C11H23NOS2. The predicted molar refractivity (Wildman–Crippen MR) is 74.2 cm³/mol. The van der Waals surface area contributed by atoms with Crippen LogP contribution in [0.5, 0.6) is 0 Å². The van der Waals surface area contributed by atoms with Crippen molar-refractivity contribution in [3.63, 3.8) is 0 Å². The first-order chi connectivity index (χ1) is 6.85. The smallest absolute Gasteiger partial charge is 0.122 e. The van der Waals surface area contributed by atoms with E-state index in [1.54, 1.807) is 11.8 Å². The fraction of sp³-hybridized carbons (Fsp3) is 0.909. The van der Waals surface area contributed by atoms with Gasteiger partial charge in [-0.15, -0.1) is 11.8 Å². The monoisotopic (exact) mass is 249 g/mol. The molecule has 15 heavy (non-hydrogen) atoms. The van der Waals surface area contributed by atoms with Crippen molar-refractivity contribution in [2.24, 2.45) is 5.16 Å². The van der Waals surface area contributed by atoms with Crippen molar-refractivity contribution in [1.29, 1.82) is 0 Å². The van der Waals surface area contributed by atoms with Crippen molar-refractivity contribution in [3.8, 4) is 0 Å². The third kappa shape index (κ3) is 10.5. The predicted octanol–water partition coefficient (Wildman–Crippen LogP) is 3.66. The van der Waals surface area contributed by atoms with Crippen LogP contribution in [-0.4, -0.2) is 34.3 Å². The van der Waals surface area contributed by atoms with E-state index in [0.29, 0.717) is 0 Å². The second-order valence-electron chi connectivity index (χ2n) is 4.65. The van der Waals surface area contributed by atoms with Crippen LogP contribution >= 0.6 is 23.5 Å². The standard InChI is InChI=1S/C11H23NOS2/c1-9(2)13-12-10(7-14-6)8-15-11(3,4)5/h9H,7-8H2,1-6H3/b12-10-. The average Bonchev–Trinajstić information content (AvgIpc) is 2.08. The van der Waals surface area contributed by atoms with Crippen LogP contribution in [0.2, 0.25) is 0 Å². The van der Waals surface area contributed by atoms with Crippen LogP contribution in [0.25, 0.3) is 0 Å². The molecule has 0 atom stereocenters. The van der Waals surface area contributed by atoms with Gasteiger partial charge < -0.3 is 4.84 Å². The maximum absolute atomic E-state index is 5.28. The van der Waals surface area contributed by atoms with Crippen molar-refractivity contribution < 1.29 is 4.84 Å². The summed E-state index contributed by atoms with van der Waals surface area (Å²) in [6.07, 6.45) is 2.26. The number of hydrogen-bond acceptors (Lipinski definition) is 4. The summed E-state index contributed by atoms with van der Waals surface area (Å²) in [6, 6.07) is 0. The molecule has 0 aromatic carbocycles. The van der Waals surface area contributed by atoms with Crippen molar-refractivity contribution in [2.75, 3.05) is 17.8 Å². The Hall–Kier alpha value is 0.170. The second-order valence-corrected chi connectivity index (χ2v) is 7.31. The molecule has 0 heterocycles. The molecule has 0 amide bonds. The second kappa shape index (κ2) is 7.44. The number of hydrogen-bond donors (Lipinski definition) is 0. The first kappa shape index (κ1) is 15.2. The summed E-state index contributed by atoms with van der Waals surface area (Å²) in [5.41, 5.74) is 1.14. The van der Waals surface area contributed by atoms with E-state index in [9.17, 15) is 0 Å². The maximum Gasteiger partial charge on any atom is 0.122 e. The van der Waals surface area contributed by atoms with Gasteiger partial charge in [0.2, 0.25) is 0 Å². The SMILES string of the molecule is CSC/C(CSC(C)(C)C)=N/OC(C)C. The topological polar surface area (TPSA) is 21.6 Å². The normalized spacial score (nSPS) is 13.4. The summed E-state index contributed by atoms with van der Waals surface area (Å²) in [6.45, 7) is 10.7. The Bertz CT molecular complexity index is 197. The largest absolute Gasteiger partial charge is 0.393 e. The molecule has 0 spiro atoms. The summed E-state index contributed by atoms with van der Waals surface area (Å²) < 4.78 is 0.289. The molecule has 0 aliphatic heterocycles. The van der Waals surface area contributed by atoms with Gasteiger partial charge in [0.1, 0.15) is 6.10 Å². The minimum atomic E-state index is 0.168. The van der Waals surface area contributed by atoms with Crippen LogP contribution in [0.3, 0.4) is 0 Å². The minimum absolute atomic E-state index is 0.168. The summed E-state index contributed by atoms with van der Waals surface area (Å²) in [4.78, 5) is 5.28. The number of thioether (sulfide) groups is 2. The highest BCUT2D eigenvalue weighted by Gasteiger charge is 2.12. The van der Waals surface area contributed by atoms with Gasteiger partial charge in [-0.2, -0.15) is 11.8 Å². The lowest BCUT2D eigenvalue weighted by atomic mass is 10.3. The van der Waals surface area contributed by atoms with Gasteiger partial charge in [0.05, 0.1) is 5.71 Å². The van der Waals surface area contributed by atoms with Crippen LogP contribution in [0.4, 0.5) is 0 Å². The molecule has 0 N–H and O–H groups in total. The fourth-order valence-electron chi connectivity index (χ4n) is 0.741. The molecule has 0 saturated heterocycles. The summed E-state index contributed by atoms with van der Waals surface area (Å²) in [7, 11) is 0. The van der Waals surface area contributed by atoms with Crippen LogP contribution in [0.1, 0.15) is 34.6 Å². The van der Waals surface area contributed by atoms with Gasteiger partial charge in [0.15, 0.2) is 0 Å². The van der Waals surface area contributed by atoms with E-state index in [2.05, 4.69) is 32.2 Å². The Morgan fingerprint density at radius 3 is 2.27 bits per heavy atom. The fourth-order valence-corrected chi connectivity index (χ4v) is 2.11. The van der Waals surface area contributed by atoms with E-state index < -0.39 is 0 Å². The van der Waals surface area contributed by atoms with E-state index in [0.717, 1.165) is 17.2 Å². The molecule has 0 aromatic heterocycles. The lowest BCUT2D eigenvalue weighted by Gasteiger charge is -2.18. The molecule has 0 bridgehead atoms. The van der Waals surface area contributed by atoms with Crippen molar-refractivity contribution in [1.82, 2.24) is 0 Å². The zero-order valence-corrected chi connectivity index (χ0v) is 12.3. The quantitative estimate of drug-likeness (QED) is 0.529. The van der Waals surface area contributed by atoms with Crippen LogP contribution in [0.15, 0.2) is 5.16 Å². The first-order valence-electron chi connectivity index (χ1n) is 5.19. The summed E-state index contributed by atoms with van der Waals surface area (Å²) in [5, 5.41) is 4.19. The Morgan fingerprint density at radius 2 is 1.87 bits per heavy atom. The first-order valence-corrected chi connectivity index (χ1v) is 7.57. The average molecular weight is 249 g/mol. The van der Waals surface area contributed by atoms with E-state index in [1.807, 2.05) is 25.6 Å². The highest BCUT2D eigenvalue weighted by atomic mass is 32.2. The molecule has 0 saturated carbocycles. The summed E-state index contributed by atoms with van der Waals surface area (Å²) >= 11 is 3.70. The molecule has 0 rings (SSSR count). The molecule has 0 unspecified atom stereocenters. The van der Waals surface area contributed by atoms with Gasteiger partial charge >= 0.3 is 0 Å². The molecule has 2 nitrogen and oxygen atoms in total. The lowest BCUT2D eigenvalue weighted by molar-refractivity contribution is 0.0858. The van der Waals surface area contributed by atoms with Crippen LogP contribution < -0.4 is 0 Å². The van der Waals surface area contributed by atoms with E-state index in [-0.39, 0.29) is 10.9 Å². The molecule has 90 valence electrons. The minimum Gasteiger partial charge on any atom is -0.393 e. The van der Waals surface area contributed by atoms with Gasteiger partial charge in [-0.05, 0) is 20.1 Å². The Labute approximate surface area is 103 Å². The van der Waals surface area contributed by atoms with Gasteiger partial charge in [-0.3, -0.25) is 0 Å². The highest BCUT2D eigenvalue weighted by Crippen LogP contribution is 2.23. The number of rotatable bonds is 6. The highest BCUT2D eigenvalue weighted by molar-refractivity contribution is 8.02. The van der Waals surface area contributed by atoms with Crippen molar-refractivity contribution >= 4 is 29.2 Å². The molecule has 0 aliphatic carbocycles. The lowest BCUT2D eigenvalue weighted by Crippen LogP contribution is -2.15. The third-order valence-electron chi connectivity index (χ3n) is 1.38. The Kier molecular flexibility index (Phi) is 7.53. The molecule has 0 fully saturated rings. The van der Waals surface area contributed by atoms with Crippen molar-refractivity contribution in [2.45, 2.75) is 45.5 Å². The van der Waals surface area contributed by atoms with Gasteiger partial charge in [-0.25, -0.2) is 0 Å². The van der Waals surface area contributed by atoms with Gasteiger partial charge in [-0.1, -0.05) is 25.9 Å².